The van der Waals surface area contributed by atoms with Crippen molar-refractivity contribution >= 4 is 41.1 Å². The largest absolute Gasteiger partial charge is 0.341 e. The van der Waals surface area contributed by atoms with Gasteiger partial charge in [-0.25, -0.2) is 4.39 Å². The zero-order valence-electron chi connectivity index (χ0n) is 12.7. The van der Waals surface area contributed by atoms with Gasteiger partial charge < -0.3 is 10.6 Å². The summed E-state index contributed by atoms with van der Waals surface area (Å²) in [7, 11) is 0. The molecule has 126 valence electrons. The van der Waals surface area contributed by atoms with Gasteiger partial charge in [0.15, 0.2) is 0 Å². The fourth-order valence-electron chi connectivity index (χ4n) is 1.94. The zero-order chi connectivity index (χ0) is 17.7. The first kappa shape index (κ1) is 18.3. The van der Waals surface area contributed by atoms with Crippen LogP contribution in [0.15, 0.2) is 47.4 Å². The summed E-state index contributed by atoms with van der Waals surface area (Å²) in [4.78, 5) is 24.7. The van der Waals surface area contributed by atoms with Crippen molar-refractivity contribution in [2.45, 2.75) is 17.9 Å². The SMILES string of the molecule is CC(NC(=O)C(=O)Nc1ccc(Cl)c(F)c1)c1ccc(SN)cc1. The van der Waals surface area contributed by atoms with Gasteiger partial charge in [0, 0.05) is 10.6 Å². The molecule has 0 aliphatic heterocycles. The molecule has 0 heterocycles. The second kappa shape index (κ2) is 8.14. The van der Waals surface area contributed by atoms with Gasteiger partial charge in [-0.15, -0.1) is 0 Å². The van der Waals surface area contributed by atoms with Crippen LogP contribution in [-0.4, -0.2) is 11.8 Å². The minimum Gasteiger partial charge on any atom is -0.341 e. The number of anilines is 1. The van der Waals surface area contributed by atoms with Crippen LogP contribution in [0.4, 0.5) is 10.1 Å². The number of hydrogen-bond donors (Lipinski definition) is 3. The Morgan fingerprint density at radius 1 is 1.17 bits per heavy atom. The van der Waals surface area contributed by atoms with Gasteiger partial charge in [-0.1, -0.05) is 23.7 Å². The molecule has 0 saturated carbocycles. The molecule has 0 saturated heterocycles. The minimum atomic E-state index is -0.891. The van der Waals surface area contributed by atoms with Crippen LogP contribution >= 0.6 is 23.5 Å². The fraction of sp³-hybridized carbons (Fsp3) is 0.125. The maximum atomic E-state index is 13.3. The number of benzene rings is 2. The highest BCUT2D eigenvalue weighted by molar-refractivity contribution is 7.97. The highest BCUT2D eigenvalue weighted by atomic mass is 35.5. The van der Waals surface area contributed by atoms with E-state index in [1.165, 1.54) is 12.1 Å². The molecule has 1 atom stereocenters. The first-order valence-electron chi connectivity index (χ1n) is 6.94. The summed E-state index contributed by atoms with van der Waals surface area (Å²) in [5, 5.41) is 10.3. The summed E-state index contributed by atoms with van der Waals surface area (Å²) in [5.74, 6) is -2.39. The van der Waals surface area contributed by atoms with Crippen LogP contribution in [0, 0.1) is 5.82 Å². The van der Waals surface area contributed by atoms with Gasteiger partial charge in [-0.05, 0) is 54.8 Å². The number of amides is 2. The summed E-state index contributed by atoms with van der Waals surface area (Å²) in [6.45, 7) is 1.75. The minimum absolute atomic E-state index is 0.0647. The molecule has 2 rings (SSSR count). The average molecular weight is 368 g/mol. The molecule has 0 aliphatic rings. The Balaban J connectivity index is 1.97. The smallest absolute Gasteiger partial charge is 0.313 e. The Labute approximate surface area is 147 Å². The Kier molecular flexibility index (Phi) is 6.19. The van der Waals surface area contributed by atoms with Crippen LogP contribution in [0.5, 0.6) is 0 Å². The van der Waals surface area contributed by atoms with E-state index >= 15 is 0 Å². The van der Waals surface area contributed by atoms with Crippen molar-refractivity contribution in [3.05, 3.63) is 58.9 Å². The lowest BCUT2D eigenvalue weighted by Crippen LogP contribution is -2.36. The normalized spacial score (nSPS) is 11.7. The molecule has 0 aliphatic carbocycles. The molecule has 0 spiro atoms. The van der Waals surface area contributed by atoms with Crippen molar-refractivity contribution in [2.24, 2.45) is 5.14 Å². The molecule has 2 amide bonds. The molecule has 24 heavy (non-hydrogen) atoms. The van der Waals surface area contributed by atoms with E-state index in [-0.39, 0.29) is 16.8 Å². The van der Waals surface area contributed by atoms with E-state index < -0.39 is 17.6 Å². The van der Waals surface area contributed by atoms with Crippen molar-refractivity contribution in [3.8, 4) is 0 Å². The first-order valence-corrected chi connectivity index (χ1v) is 8.20. The maximum Gasteiger partial charge on any atom is 0.313 e. The summed E-state index contributed by atoms with van der Waals surface area (Å²) < 4.78 is 13.3. The van der Waals surface area contributed by atoms with Crippen LogP contribution < -0.4 is 15.8 Å². The lowest BCUT2D eigenvalue weighted by molar-refractivity contribution is -0.136. The monoisotopic (exact) mass is 367 g/mol. The Morgan fingerprint density at radius 2 is 1.83 bits per heavy atom. The van der Waals surface area contributed by atoms with Gasteiger partial charge in [0.1, 0.15) is 5.82 Å². The predicted octanol–water partition coefficient (Wildman–Crippen LogP) is 3.26. The van der Waals surface area contributed by atoms with Gasteiger partial charge in [-0.3, -0.25) is 14.7 Å². The van der Waals surface area contributed by atoms with Crippen LogP contribution in [0.25, 0.3) is 0 Å². The van der Waals surface area contributed by atoms with Crippen molar-refractivity contribution in [1.29, 1.82) is 0 Å². The number of carbonyl (C=O) groups is 2. The van der Waals surface area contributed by atoms with Crippen molar-refractivity contribution in [2.75, 3.05) is 5.32 Å². The quantitative estimate of drug-likeness (QED) is 0.572. The van der Waals surface area contributed by atoms with E-state index in [1.54, 1.807) is 6.92 Å². The number of halogens is 2. The number of nitrogens with one attached hydrogen (secondary N) is 2. The van der Waals surface area contributed by atoms with E-state index in [0.717, 1.165) is 28.5 Å². The number of rotatable bonds is 4. The van der Waals surface area contributed by atoms with E-state index in [0.29, 0.717) is 0 Å². The second-order valence-corrected chi connectivity index (χ2v) is 6.08. The highest BCUT2D eigenvalue weighted by Crippen LogP contribution is 2.19. The second-order valence-electron chi connectivity index (χ2n) is 4.97. The molecule has 0 fully saturated rings. The molecule has 5 nitrogen and oxygen atoms in total. The standard InChI is InChI=1S/C16H15ClFN3O2S/c1-9(10-2-5-12(24-19)6-3-10)20-15(22)16(23)21-11-4-7-13(17)14(18)8-11/h2-9H,19H2,1H3,(H,20,22)(H,21,23). The molecular formula is C16H15ClFN3O2S. The topological polar surface area (TPSA) is 84.2 Å². The van der Waals surface area contributed by atoms with Gasteiger partial charge in [0.25, 0.3) is 0 Å². The maximum absolute atomic E-state index is 13.3. The molecule has 2 aromatic rings. The van der Waals surface area contributed by atoms with Gasteiger partial charge in [0.05, 0.1) is 11.1 Å². The van der Waals surface area contributed by atoms with Gasteiger partial charge >= 0.3 is 11.8 Å². The van der Waals surface area contributed by atoms with Gasteiger partial charge in [0.2, 0.25) is 0 Å². The predicted molar refractivity (Wildman–Crippen MR) is 93.1 cm³/mol. The number of carbonyl (C=O) groups excluding carboxylic acids is 2. The highest BCUT2D eigenvalue weighted by Gasteiger charge is 2.17. The Bertz CT molecular complexity index is 755. The summed E-state index contributed by atoms with van der Waals surface area (Å²) >= 11 is 6.68. The molecule has 0 aromatic heterocycles. The van der Waals surface area contributed by atoms with Crippen LogP contribution in [0.1, 0.15) is 18.5 Å². The lowest BCUT2D eigenvalue weighted by Gasteiger charge is -2.14. The molecule has 0 bridgehead atoms. The van der Waals surface area contributed by atoms with E-state index in [1.807, 2.05) is 24.3 Å². The van der Waals surface area contributed by atoms with Crippen LogP contribution in [-0.2, 0) is 9.59 Å². The summed E-state index contributed by atoms with van der Waals surface area (Å²) in [5.41, 5.74) is 0.973. The molecule has 1 unspecified atom stereocenters. The van der Waals surface area contributed by atoms with Crippen molar-refractivity contribution in [1.82, 2.24) is 5.32 Å². The number of nitrogens with two attached hydrogens (primary N) is 1. The van der Waals surface area contributed by atoms with Crippen molar-refractivity contribution < 1.29 is 14.0 Å². The van der Waals surface area contributed by atoms with Gasteiger partial charge in [-0.2, -0.15) is 0 Å². The summed E-state index contributed by atoms with van der Waals surface area (Å²) in [6, 6.07) is 10.6. The average Bonchev–Trinajstić information content (AvgIpc) is 2.58. The Hall–Kier alpha value is -2.09. The van der Waals surface area contributed by atoms with E-state index in [9.17, 15) is 14.0 Å². The third-order valence-electron chi connectivity index (χ3n) is 3.25. The van der Waals surface area contributed by atoms with E-state index in [4.69, 9.17) is 16.7 Å². The Morgan fingerprint density at radius 3 is 2.42 bits per heavy atom. The van der Waals surface area contributed by atoms with Crippen LogP contribution in [0.3, 0.4) is 0 Å². The third kappa shape index (κ3) is 4.70. The summed E-state index contributed by atoms with van der Waals surface area (Å²) in [6.07, 6.45) is 0. The molecule has 4 N–H and O–H groups in total. The molecule has 8 heteroatoms. The first-order chi connectivity index (χ1) is 11.4. The van der Waals surface area contributed by atoms with Crippen molar-refractivity contribution in [3.63, 3.8) is 0 Å². The molecule has 0 radical (unpaired) electrons. The zero-order valence-corrected chi connectivity index (χ0v) is 14.2. The lowest BCUT2D eigenvalue weighted by atomic mass is 10.1. The third-order valence-corrected chi connectivity index (χ3v) is 4.10. The van der Waals surface area contributed by atoms with E-state index in [2.05, 4.69) is 10.6 Å². The fourth-order valence-corrected chi connectivity index (χ4v) is 2.35. The molecule has 2 aromatic carbocycles. The number of hydrogen-bond acceptors (Lipinski definition) is 4. The van der Waals surface area contributed by atoms with Crippen LogP contribution in [0.2, 0.25) is 5.02 Å². The molecular weight excluding hydrogens is 353 g/mol.